The molecule has 1 atom stereocenters. The minimum Gasteiger partial charge on any atom is -0.389 e. The first-order chi connectivity index (χ1) is 4.74. The highest BCUT2D eigenvalue weighted by atomic mass is 16.5. The minimum absolute atomic E-state index is 0.00523. The molecule has 0 heterocycles. The van der Waals surface area contributed by atoms with Crippen LogP contribution in [0.1, 0.15) is 6.42 Å². The van der Waals surface area contributed by atoms with Gasteiger partial charge in [0.15, 0.2) is 5.78 Å². The Hall–Kier alpha value is -0.670. The standard InChI is InChI=1S/C7H10O3/c1-10-4-5-2-6(8)3-7(5)9/h2,6,8H,3-4H2,1H3. The van der Waals surface area contributed by atoms with Crippen LogP contribution in [0.3, 0.4) is 0 Å². The molecule has 0 saturated heterocycles. The van der Waals surface area contributed by atoms with Crippen LogP contribution in [0.15, 0.2) is 11.6 Å². The molecule has 0 radical (unpaired) electrons. The average Bonchev–Trinajstić information content (AvgIpc) is 2.13. The molecule has 0 fully saturated rings. The molecule has 1 rings (SSSR count). The average molecular weight is 142 g/mol. The number of carbonyl (C=O) groups is 1. The molecule has 0 spiro atoms. The molecule has 0 aromatic carbocycles. The van der Waals surface area contributed by atoms with E-state index < -0.39 is 6.10 Å². The van der Waals surface area contributed by atoms with E-state index in [-0.39, 0.29) is 12.2 Å². The van der Waals surface area contributed by atoms with Crippen LogP contribution in [0.5, 0.6) is 0 Å². The van der Waals surface area contributed by atoms with Crippen molar-refractivity contribution < 1.29 is 14.6 Å². The predicted molar refractivity (Wildman–Crippen MR) is 35.6 cm³/mol. The van der Waals surface area contributed by atoms with E-state index in [0.717, 1.165) is 0 Å². The fraction of sp³-hybridized carbons (Fsp3) is 0.571. The summed E-state index contributed by atoms with van der Waals surface area (Å²) in [7, 11) is 1.53. The third-order valence-corrected chi connectivity index (χ3v) is 1.45. The first-order valence-electron chi connectivity index (χ1n) is 3.15. The zero-order valence-corrected chi connectivity index (χ0v) is 5.83. The summed E-state index contributed by atoms with van der Waals surface area (Å²) in [6.07, 6.45) is 1.18. The largest absolute Gasteiger partial charge is 0.389 e. The van der Waals surface area contributed by atoms with Gasteiger partial charge in [-0.25, -0.2) is 0 Å². The van der Waals surface area contributed by atoms with Gasteiger partial charge in [0.2, 0.25) is 0 Å². The Balaban J connectivity index is 2.57. The van der Waals surface area contributed by atoms with Crippen molar-refractivity contribution in [3.05, 3.63) is 11.6 Å². The lowest BCUT2D eigenvalue weighted by molar-refractivity contribution is -0.116. The second kappa shape index (κ2) is 2.94. The van der Waals surface area contributed by atoms with Crippen molar-refractivity contribution in [2.75, 3.05) is 13.7 Å². The van der Waals surface area contributed by atoms with Crippen molar-refractivity contribution in [3.8, 4) is 0 Å². The van der Waals surface area contributed by atoms with E-state index >= 15 is 0 Å². The topological polar surface area (TPSA) is 46.5 Å². The fourth-order valence-corrected chi connectivity index (χ4v) is 0.989. The molecule has 3 heteroatoms. The molecule has 1 aliphatic carbocycles. The summed E-state index contributed by atoms with van der Waals surface area (Å²) >= 11 is 0. The number of hydrogen-bond donors (Lipinski definition) is 1. The van der Waals surface area contributed by atoms with Gasteiger partial charge >= 0.3 is 0 Å². The number of methoxy groups -OCH3 is 1. The van der Waals surface area contributed by atoms with Gasteiger partial charge in [0.05, 0.1) is 12.7 Å². The van der Waals surface area contributed by atoms with Crippen molar-refractivity contribution in [3.63, 3.8) is 0 Å². The van der Waals surface area contributed by atoms with E-state index in [9.17, 15) is 4.79 Å². The van der Waals surface area contributed by atoms with Gasteiger partial charge in [-0.3, -0.25) is 4.79 Å². The van der Waals surface area contributed by atoms with Crippen LogP contribution in [0.25, 0.3) is 0 Å². The van der Waals surface area contributed by atoms with Gasteiger partial charge in [-0.05, 0) is 6.08 Å². The number of rotatable bonds is 2. The summed E-state index contributed by atoms with van der Waals surface area (Å²) < 4.78 is 4.74. The number of hydrogen-bond acceptors (Lipinski definition) is 3. The number of ketones is 1. The molecule has 3 nitrogen and oxygen atoms in total. The molecule has 56 valence electrons. The predicted octanol–water partition coefficient (Wildman–Crippen LogP) is -0.107. The van der Waals surface area contributed by atoms with Crippen LogP contribution in [0.4, 0.5) is 0 Å². The van der Waals surface area contributed by atoms with Gasteiger partial charge < -0.3 is 9.84 Å². The van der Waals surface area contributed by atoms with Gasteiger partial charge in [0, 0.05) is 19.1 Å². The molecule has 0 bridgehead atoms. The van der Waals surface area contributed by atoms with Crippen LogP contribution < -0.4 is 0 Å². The molecule has 0 aromatic heterocycles. The van der Waals surface area contributed by atoms with Crippen LogP contribution in [-0.4, -0.2) is 30.7 Å². The van der Waals surface area contributed by atoms with Crippen LogP contribution in [0, 0.1) is 0 Å². The second-order valence-electron chi connectivity index (χ2n) is 2.32. The fourth-order valence-electron chi connectivity index (χ4n) is 0.989. The highest BCUT2D eigenvalue weighted by Crippen LogP contribution is 2.14. The van der Waals surface area contributed by atoms with Gasteiger partial charge in [-0.15, -0.1) is 0 Å². The maximum absolute atomic E-state index is 10.9. The number of carbonyl (C=O) groups excluding carboxylic acids is 1. The van der Waals surface area contributed by atoms with E-state index in [2.05, 4.69) is 0 Å². The Kier molecular flexibility index (Phi) is 2.19. The van der Waals surface area contributed by atoms with Crippen LogP contribution in [-0.2, 0) is 9.53 Å². The lowest BCUT2D eigenvalue weighted by atomic mass is 10.2. The summed E-state index contributed by atoms with van der Waals surface area (Å²) in [4.78, 5) is 10.9. The molecule has 0 saturated carbocycles. The molecular weight excluding hydrogens is 132 g/mol. The van der Waals surface area contributed by atoms with Crippen molar-refractivity contribution in [2.45, 2.75) is 12.5 Å². The third-order valence-electron chi connectivity index (χ3n) is 1.45. The summed E-state index contributed by atoms with van der Waals surface area (Å²) in [5.74, 6) is -0.00523. The Morgan fingerprint density at radius 3 is 3.00 bits per heavy atom. The van der Waals surface area contributed by atoms with Gasteiger partial charge in [-0.1, -0.05) is 0 Å². The first kappa shape index (κ1) is 7.44. The van der Waals surface area contributed by atoms with Crippen LogP contribution >= 0.6 is 0 Å². The van der Waals surface area contributed by atoms with Crippen LogP contribution in [0.2, 0.25) is 0 Å². The van der Waals surface area contributed by atoms with Crippen molar-refractivity contribution in [2.24, 2.45) is 0 Å². The molecule has 1 unspecified atom stereocenters. The zero-order chi connectivity index (χ0) is 7.56. The third kappa shape index (κ3) is 1.43. The van der Waals surface area contributed by atoms with E-state index in [1.54, 1.807) is 6.08 Å². The Bertz CT molecular complexity index is 172. The normalized spacial score (nSPS) is 25.2. The van der Waals surface area contributed by atoms with E-state index in [1.165, 1.54) is 7.11 Å². The highest BCUT2D eigenvalue weighted by Gasteiger charge is 2.21. The van der Waals surface area contributed by atoms with Crippen molar-refractivity contribution >= 4 is 5.78 Å². The highest BCUT2D eigenvalue weighted by molar-refractivity contribution is 5.98. The zero-order valence-electron chi connectivity index (χ0n) is 5.83. The number of Topliss-reactive ketones (excluding diaryl/α,β-unsaturated/α-hetero) is 1. The molecule has 0 aromatic rings. The lowest BCUT2D eigenvalue weighted by Gasteiger charge is -1.94. The van der Waals surface area contributed by atoms with E-state index in [1.807, 2.05) is 0 Å². The summed E-state index contributed by atoms with van der Waals surface area (Å²) in [5, 5.41) is 8.94. The molecule has 1 aliphatic rings. The second-order valence-corrected chi connectivity index (χ2v) is 2.32. The van der Waals surface area contributed by atoms with Gasteiger partial charge in [-0.2, -0.15) is 0 Å². The quantitative estimate of drug-likeness (QED) is 0.585. The molecule has 0 amide bonds. The molecule has 0 aliphatic heterocycles. The minimum atomic E-state index is -0.586. The molecule has 1 N–H and O–H groups in total. The Morgan fingerprint density at radius 1 is 1.90 bits per heavy atom. The Labute approximate surface area is 59.3 Å². The number of aliphatic hydroxyl groups is 1. The molecule has 10 heavy (non-hydrogen) atoms. The van der Waals surface area contributed by atoms with Gasteiger partial charge in [0.25, 0.3) is 0 Å². The first-order valence-corrected chi connectivity index (χ1v) is 3.15. The van der Waals surface area contributed by atoms with E-state index in [0.29, 0.717) is 12.2 Å². The Morgan fingerprint density at radius 2 is 2.60 bits per heavy atom. The molecular formula is C7H10O3. The maximum atomic E-state index is 10.9. The summed E-state index contributed by atoms with van der Waals surface area (Å²) in [6.45, 7) is 0.315. The smallest absolute Gasteiger partial charge is 0.163 e. The van der Waals surface area contributed by atoms with Crippen molar-refractivity contribution in [1.29, 1.82) is 0 Å². The summed E-state index contributed by atoms with van der Waals surface area (Å²) in [6, 6.07) is 0. The number of aliphatic hydroxyl groups excluding tert-OH is 1. The van der Waals surface area contributed by atoms with Gasteiger partial charge in [0.1, 0.15) is 0 Å². The SMILES string of the molecule is COCC1=CC(O)CC1=O. The monoisotopic (exact) mass is 142 g/mol. The number of ether oxygens (including phenoxy) is 1. The maximum Gasteiger partial charge on any atom is 0.163 e. The van der Waals surface area contributed by atoms with E-state index in [4.69, 9.17) is 9.84 Å². The summed E-state index contributed by atoms with van der Waals surface area (Å²) in [5.41, 5.74) is 0.593. The lowest BCUT2D eigenvalue weighted by Crippen LogP contribution is -2.03. The van der Waals surface area contributed by atoms with Crippen molar-refractivity contribution in [1.82, 2.24) is 0 Å².